The normalized spacial score (nSPS) is 37.6. The summed E-state index contributed by atoms with van der Waals surface area (Å²) in [6.45, 7) is 3.13. The molecule has 0 aromatic carbocycles. The van der Waals surface area contributed by atoms with Gasteiger partial charge < -0.3 is 4.57 Å². The van der Waals surface area contributed by atoms with Gasteiger partial charge >= 0.3 is 0 Å². The second kappa shape index (κ2) is 6.11. The van der Waals surface area contributed by atoms with Gasteiger partial charge in [-0.2, -0.15) is 0 Å². The minimum absolute atomic E-state index is 0.00278. The van der Waals surface area contributed by atoms with Gasteiger partial charge in [0.2, 0.25) is 0 Å². The zero-order valence-electron chi connectivity index (χ0n) is 15.2. The SMILES string of the molecule is C[C@@H](Sc1nnc2n1CCCCC2)C(=O)C12CC3CC(CC(C3)C1)C2. The molecule has 136 valence electrons. The van der Waals surface area contributed by atoms with Gasteiger partial charge in [-0.1, -0.05) is 18.2 Å². The molecule has 4 saturated carbocycles. The van der Waals surface area contributed by atoms with Crippen LogP contribution in [0.2, 0.25) is 0 Å². The predicted octanol–water partition coefficient (Wildman–Crippen LogP) is 4.27. The number of aromatic nitrogens is 3. The maximum Gasteiger partial charge on any atom is 0.191 e. The molecular formula is C20H29N3OS. The van der Waals surface area contributed by atoms with Gasteiger partial charge in [0.25, 0.3) is 0 Å². The molecule has 5 heteroatoms. The van der Waals surface area contributed by atoms with Gasteiger partial charge in [0.1, 0.15) is 5.82 Å². The van der Waals surface area contributed by atoms with Crippen molar-refractivity contribution in [1.29, 1.82) is 0 Å². The molecular weight excluding hydrogens is 330 g/mol. The molecule has 4 fully saturated rings. The van der Waals surface area contributed by atoms with E-state index in [1.165, 1.54) is 57.8 Å². The summed E-state index contributed by atoms with van der Waals surface area (Å²) in [6.07, 6.45) is 12.4. The van der Waals surface area contributed by atoms with Crippen molar-refractivity contribution in [3.63, 3.8) is 0 Å². The van der Waals surface area contributed by atoms with Crippen LogP contribution in [0, 0.1) is 23.2 Å². The molecule has 0 saturated heterocycles. The molecule has 0 amide bonds. The van der Waals surface area contributed by atoms with Crippen LogP contribution >= 0.6 is 11.8 Å². The topological polar surface area (TPSA) is 47.8 Å². The highest BCUT2D eigenvalue weighted by atomic mass is 32.2. The molecule has 2 heterocycles. The molecule has 1 aromatic rings. The van der Waals surface area contributed by atoms with Crippen molar-refractivity contribution < 1.29 is 4.79 Å². The van der Waals surface area contributed by atoms with E-state index in [9.17, 15) is 4.79 Å². The Bertz CT molecular complexity index is 647. The van der Waals surface area contributed by atoms with Crippen LogP contribution in [0.1, 0.15) is 70.5 Å². The van der Waals surface area contributed by atoms with E-state index in [4.69, 9.17) is 0 Å². The van der Waals surface area contributed by atoms with E-state index < -0.39 is 0 Å². The van der Waals surface area contributed by atoms with Crippen LogP contribution in [0.15, 0.2) is 5.16 Å². The number of nitrogens with zero attached hydrogens (tertiary/aromatic N) is 3. The number of aryl methyl sites for hydroxylation is 1. The Morgan fingerprint density at radius 1 is 1.08 bits per heavy atom. The van der Waals surface area contributed by atoms with Gasteiger partial charge in [0.05, 0.1) is 5.25 Å². The lowest BCUT2D eigenvalue weighted by molar-refractivity contribution is -0.142. The molecule has 5 aliphatic rings. The molecule has 1 atom stereocenters. The molecule has 1 aliphatic heterocycles. The fourth-order valence-corrected chi connectivity index (χ4v) is 7.69. The lowest BCUT2D eigenvalue weighted by atomic mass is 9.48. The highest BCUT2D eigenvalue weighted by Gasteiger charge is 2.55. The van der Waals surface area contributed by atoms with E-state index in [2.05, 4.69) is 21.7 Å². The van der Waals surface area contributed by atoms with Crippen molar-refractivity contribution in [2.24, 2.45) is 23.2 Å². The van der Waals surface area contributed by atoms with Crippen molar-refractivity contribution in [3.8, 4) is 0 Å². The Hall–Kier alpha value is -0.840. The lowest BCUT2D eigenvalue weighted by Gasteiger charge is -2.56. The number of rotatable bonds is 4. The fourth-order valence-electron chi connectivity index (χ4n) is 6.60. The van der Waals surface area contributed by atoms with E-state index in [1.807, 2.05) is 0 Å². The minimum Gasteiger partial charge on any atom is -0.306 e. The van der Waals surface area contributed by atoms with E-state index >= 15 is 0 Å². The van der Waals surface area contributed by atoms with Gasteiger partial charge in [-0.3, -0.25) is 4.79 Å². The average molecular weight is 360 g/mol. The Morgan fingerprint density at radius 3 is 2.44 bits per heavy atom. The van der Waals surface area contributed by atoms with E-state index in [0.29, 0.717) is 5.78 Å². The first kappa shape index (κ1) is 16.3. The molecule has 0 radical (unpaired) electrons. The quantitative estimate of drug-likeness (QED) is 0.753. The third kappa shape index (κ3) is 2.77. The van der Waals surface area contributed by atoms with Crippen molar-refractivity contribution in [1.82, 2.24) is 14.8 Å². The standard InChI is InChI=1S/C20H29N3OS/c1-13(25-19-22-21-17-5-3-2-4-6-23(17)19)18(24)20-10-14-7-15(11-20)9-16(8-14)12-20/h13-16H,2-12H2,1H3/t13-,14?,15?,16?,20?/m1/s1. The van der Waals surface area contributed by atoms with E-state index in [0.717, 1.165) is 41.7 Å². The maximum atomic E-state index is 13.5. The molecule has 4 nitrogen and oxygen atoms in total. The van der Waals surface area contributed by atoms with Gasteiger partial charge in [0, 0.05) is 18.4 Å². The molecule has 0 N–H and O–H groups in total. The minimum atomic E-state index is 0.00278. The van der Waals surface area contributed by atoms with Crippen LogP contribution in [-0.4, -0.2) is 25.8 Å². The molecule has 6 rings (SSSR count). The second-order valence-corrected chi connectivity index (χ2v) is 10.5. The third-order valence-electron chi connectivity index (χ3n) is 7.29. The molecule has 0 unspecified atom stereocenters. The number of ketones is 1. The van der Waals surface area contributed by atoms with E-state index in [1.54, 1.807) is 11.8 Å². The highest BCUT2D eigenvalue weighted by molar-refractivity contribution is 8.00. The number of carbonyl (C=O) groups excluding carboxylic acids is 1. The van der Waals surface area contributed by atoms with Crippen LogP contribution < -0.4 is 0 Å². The molecule has 4 bridgehead atoms. The largest absolute Gasteiger partial charge is 0.306 e. The number of hydrogen-bond acceptors (Lipinski definition) is 4. The zero-order valence-corrected chi connectivity index (χ0v) is 16.1. The second-order valence-electron chi connectivity index (χ2n) is 9.18. The van der Waals surface area contributed by atoms with Gasteiger partial charge in [0.15, 0.2) is 10.9 Å². The van der Waals surface area contributed by atoms with Crippen molar-refractivity contribution in [3.05, 3.63) is 5.82 Å². The van der Waals surface area contributed by atoms with Crippen LogP contribution in [0.4, 0.5) is 0 Å². The summed E-state index contributed by atoms with van der Waals surface area (Å²) in [5.74, 6) is 4.13. The maximum absolute atomic E-state index is 13.5. The summed E-state index contributed by atoms with van der Waals surface area (Å²) < 4.78 is 2.28. The Kier molecular flexibility index (Phi) is 3.99. The first-order chi connectivity index (χ1) is 12.1. The number of carbonyl (C=O) groups is 1. The summed E-state index contributed by atoms with van der Waals surface area (Å²) in [5, 5.41) is 9.82. The molecule has 0 spiro atoms. The summed E-state index contributed by atoms with van der Waals surface area (Å²) in [7, 11) is 0. The molecule has 1 aromatic heterocycles. The van der Waals surface area contributed by atoms with Gasteiger partial charge in [-0.25, -0.2) is 0 Å². The monoisotopic (exact) mass is 359 g/mol. The average Bonchev–Trinajstić information content (AvgIpc) is 2.80. The number of Topliss-reactive ketones (excluding diaryl/α,β-unsaturated/α-hetero) is 1. The fraction of sp³-hybridized carbons (Fsp3) is 0.850. The Balaban J connectivity index is 1.34. The highest BCUT2D eigenvalue weighted by Crippen LogP contribution is 2.61. The first-order valence-corrected chi connectivity index (χ1v) is 11.1. The summed E-state index contributed by atoms with van der Waals surface area (Å²) in [4.78, 5) is 13.5. The summed E-state index contributed by atoms with van der Waals surface area (Å²) in [5.41, 5.74) is 0.00278. The number of fused-ring (bicyclic) bond motifs is 1. The number of hydrogen-bond donors (Lipinski definition) is 0. The lowest BCUT2D eigenvalue weighted by Crippen LogP contribution is -2.51. The van der Waals surface area contributed by atoms with Crippen molar-refractivity contribution in [2.75, 3.05) is 0 Å². The Labute approximate surface area is 154 Å². The van der Waals surface area contributed by atoms with Crippen LogP contribution in [-0.2, 0) is 17.8 Å². The smallest absolute Gasteiger partial charge is 0.191 e. The Morgan fingerprint density at radius 2 is 1.76 bits per heavy atom. The van der Waals surface area contributed by atoms with Crippen LogP contribution in [0.3, 0.4) is 0 Å². The molecule has 4 aliphatic carbocycles. The van der Waals surface area contributed by atoms with E-state index in [-0.39, 0.29) is 10.7 Å². The van der Waals surface area contributed by atoms with Gasteiger partial charge in [-0.05, 0) is 76.0 Å². The van der Waals surface area contributed by atoms with Crippen molar-refractivity contribution in [2.45, 2.75) is 88.1 Å². The summed E-state index contributed by atoms with van der Waals surface area (Å²) >= 11 is 1.67. The third-order valence-corrected chi connectivity index (χ3v) is 8.37. The van der Waals surface area contributed by atoms with Crippen LogP contribution in [0.25, 0.3) is 0 Å². The van der Waals surface area contributed by atoms with Crippen LogP contribution in [0.5, 0.6) is 0 Å². The van der Waals surface area contributed by atoms with Gasteiger partial charge in [-0.15, -0.1) is 10.2 Å². The first-order valence-electron chi connectivity index (χ1n) is 10.3. The number of thioether (sulfide) groups is 1. The zero-order chi connectivity index (χ0) is 17.0. The predicted molar refractivity (Wildman–Crippen MR) is 98.5 cm³/mol. The summed E-state index contributed by atoms with van der Waals surface area (Å²) in [6, 6.07) is 0. The molecule has 25 heavy (non-hydrogen) atoms. The van der Waals surface area contributed by atoms with Crippen molar-refractivity contribution >= 4 is 17.5 Å².